The Morgan fingerprint density at radius 3 is 1.86 bits per heavy atom. The van der Waals surface area contributed by atoms with Gasteiger partial charge in [-0.2, -0.15) is 0 Å². The van der Waals surface area contributed by atoms with E-state index in [0.717, 1.165) is 0 Å². The van der Waals surface area contributed by atoms with Gasteiger partial charge in [-0.05, 0) is 45.0 Å². The summed E-state index contributed by atoms with van der Waals surface area (Å²) in [5, 5.41) is 5.19. The van der Waals surface area contributed by atoms with Crippen LogP contribution in [0.15, 0.2) is 48.5 Å². The highest BCUT2D eigenvalue weighted by Gasteiger charge is 2.15. The molecule has 152 valence electrons. The summed E-state index contributed by atoms with van der Waals surface area (Å²) in [6.07, 6.45) is -0.391. The first kappa shape index (κ1) is 22.6. The van der Waals surface area contributed by atoms with Gasteiger partial charge in [-0.25, -0.2) is 4.79 Å². The van der Waals surface area contributed by atoms with Crippen molar-refractivity contribution >= 4 is 34.7 Å². The summed E-state index contributed by atoms with van der Waals surface area (Å²) in [5.41, 5.74) is 18.3. The third-order valence-corrected chi connectivity index (χ3v) is 3.25. The number of hydrogen-bond acceptors (Lipinski definition) is 6. The molecule has 0 aromatic heterocycles. The molecule has 0 aliphatic carbocycles. The number of alkyl carbamates (subject to hydrolysis) is 1. The van der Waals surface area contributed by atoms with Crippen LogP contribution in [0.3, 0.4) is 0 Å². The van der Waals surface area contributed by atoms with Crippen LogP contribution in [0.4, 0.5) is 27.5 Å². The molecule has 28 heavy (non-hydrogen) atoms. The molecule has 0 spiro atoms. The van der Waals surface area contributed by atoms with Crippen molar-refractivity contribution in [2.45, 2.75) is 32.8 Å². The Morgan fingerprint density at radius 1 is 0.893 bits per heavy atom. The van der Waals surface area contributed by atoms with E-state index in [4.69, 9.17) is 21.9 Å². The number of ether oxygens (including phenoxy) is 1. The summed E-state index contributed by atoms with van der Waals surface area (Å²) >= 11 is 0. The predicted molar refractivity (Wildman–Crippen MR) is 114 cm³/mol. The van der Waals surface area contributed by atoms with Crippen LogP contribution in [-0.4, -0.2) is 24.1 Å². The Bertz CT molecular complexity index is 766. The van der Waals surface area contributed by atoms with Crippen LogP contribution in [0.2, 0.25) is 0 Å². The first-order valence-corrected chi connectivity index (χ1v) is 8.79. The fourth-order valence-corrected chi connectivity index (χ4v) is 1.93. The van der Waals surface area contributed by atoms with E-state index in [1.165, 1.54) is 0 Å². The molecule has 0 saturated heterocycles. The van der Waals surface area contributed by atoms with E-state index < -0.39 is 11.7 Å². The smallest absolute Gasteiger partial charge is 0.407 e. The number of rotatable bonds is 4. The van der Waals surface area contributed by atoms with Gasteiger partial charge in [0.15, 0.2) is 0 Å². The highest BCUT2D eigenvalue weighted by molar-refractivity contribution is 5.94. The predicted octanol–water partition coefficient (Wildman–Crippen LogP) is 2.97. The van der Waals surface area contributed by atoms with Gasteiger partial charge in [0.1, 0.15) is 5.60 Å². The van der Waals surface area contributed by atoms with Crippen molar-refractivity contribution in [3.63, 3.8) is 0 Å². The lowest BCUT2D eigenvalue weighted by Gasteiger charge is -2.19. The Labute approximate surface area is 165 Å². The van der Waals surface area contributed by atoms with Gasteiger partial charge in [0.2, 0.25) is 5.91 Å². The molecule has 0 aliphatic heterocycles. The molecule has 2 amide bonds. The molecular formula is C20H29N5O3. The highest BCUT2D eigenvalue weighted by Crippen LogP contribution is 2.16. The average Bonchev–Trinajstić information content (AvgIpc) is 2.58. The van der Waals surface area contributed by atoms with E-state index in [0.29, 0.717) is 22.7 Å². The fourth-order valence-electron chi connectivity index (χ4n) is 1.93. The normalized spacial score (nSPS) is 10.2. The minimum absolute atomic E-state index is 0.146. The maximum Gasteiger partial charge on any atom is 0.407 e. The van der Waals surface area contributed by atoms with E-state index in [1.807, 2.05) is 12.1 Å². The zero-order valence-corrected chi connectivity index (χ0v) is 16.5. The first-order chi connectivity index (χ1) is 13.1. The molecule has 2 aromatic rings. The monoisotopic (exact) mass is 387 g/mol. The van der Waals surface area contributed by atoms with Gasteiger partial charge in [-0.15, -0.1) is 0 Å². The van der Waals surface area contributed by atoms with E-state index in [9.17, 15) is 9.59 Å². The number of carbonyl (C=O) groups excluding carboxylic acids is 2. The molecule has 0 saturated carbocycles. The third-order valence-electron chi connectivity index (χ3n) is 3.25. The number of carbonyl (C=O) groups is 2. The average molecular weight is 387 g/mol. The molecule has 0 fully saturated rings. The maximum absolute atomic E-state index is 11.7. The Balaban J connectivity index is 0.000000406. The summed E-state index contributed by atoms with van der Waals surface area (Å²) in [6, 6.07) is 14.2. The van der Waals surface area contributed by atoms with Gasteiger partial charge in [0.05, 0.1) is 22.7 Å². The van der Waals surface area contributed by atoms with Crippen LogP contribution < -0.4 is 27.8 Å². The minimum Gasteiger partial charge on any atom is -0.444 e. The molecule has 0 heterocycles. The standard InChI is InChI=1S/C14H21N3O3.C6H8N2/c1-14(2,3)20-13(19)16-9-8-12(18)17-11-7-5-4-6-10(11)15;7-5-3-1-2-4-6(5)8/h4-7H,8-9,15H2,1-3H3,(H,16,19)(H,17,18);1-4H,7-8H2. The van der Waals surface area contributed by atoms with Crippen molar-refractivity contribution in [3.8, 4) is 0 Å². The van der Waals surface area contributed by atoms with Crippen molar-refractivity contribution in [2.24, 2.45) is 0 Å². The molecule has 8 nitrogen and oxygen atoms in total. The molecule has 0 bridgehead atoms. The molecule has 2 rings (SSSR count). The van der Waals surface area contributed by atoms with Crippen LogP contribution in [0, 0.1) is 0 Å². The minimum atomic E-state index is -0.551. The fraction of sp³-hybridized carbons (Fsp3) is 0.300. The first-order valence-electron chi connectivity index (χ1n) is 8.79. The van der Waals surface area contributed by atoms with Crippen molar-refractivity contribution in [3.05, 3.63) is 48.5 Å². The van der Waals surface area contributed by atoms with Gasteiger partial charge in [0.25, 0.3) is 0 Å². The summed E-state index contributed by atoms with van der Waals surface area (Å²) in [5.74, 6) is -0.223. The second kappa shape index (κ2) is 10.7. The van der Waals surface area contributed by atoms with E-state index >= 15 is 0 Å². The largest absolute Gasteiger partial charge is 0.444 e. The van der Waals surface area contributed by atoms with Crippen molar-refractivity contribution in [1.29, 1.82) is 0 Å². The summed E-state index contributed by atoms with van der Waals surface area (Å²) < 4.78 is 5.06. The summed E-state index contributed by atoms with van der Waals surface area (Å²) in [4.78, 5) is 23.0. The number of amides is 2. The van der Waals surface area contributed by atoms with Crippen LogP contribution >= 0.6 is 0 Å². The third kappa shape index (κ3) is 9.33. The van der Waals surface area contributed by atoms with E-state index in [2.05, 4.69) is 10.6 Å². The Morgan fingerprint density at radius 2 is 1.39 bits per heavy atom. The molecule has 8 heteroatoms. The topological polar surface area (TPSA) is 145 Å². The van der Waals surface area contributed by atoms with Gasteiger partial charge in [-0.3, -0.25) is 4.79 Å². The SMILES string of the molecule is CC(C)(C)OC(=O)NCCC(=O)Nc1ccccc1N.Nc1ccccc1N. The summed E-state index contributed by atoms with van der Waals surface area (Å²) in [6.45, 7) is 5.53. The lowest BCUT2D eigenvalue weighted by Crippen LogP contribution is -2.34. The van der Waals surface area contributed by atoms with Gasteiger partial charge >= 0.3 is 6.09 Å². The number of nitrogen functional groups attached to an aromatic ring is 3. The molecular weight excluding hydrogens is 358 g/mol. The van der Waals surface area contributed by atoms with Crippen LogP contribution in [0.1, 0.15) is 27.2 Å². The molecule has 2 aromatic carbocycles. The Kier molecular flexibility index (Phi) is 8.61. The second-order valence-electron chi connectivity index (χ2n) is 6.94. The molecule has 0 atom stereocenters. The molecule has 0 radical (unpaired) electrons. The number of para-hydroxylation sites is 4. The van der Waals surface area contributed by atoms with Gasteiger partial charge in [-0.1, -0.05) is 24.3 Å². The zero-order chi connectivity index (χ0) is 21.2. The number of anilines is 4. The number of nitrogens with one attached hydrogen (secondary N) is 2. The number of nitrogens with two attached hydrogens (primary N) is 3. The van der Waals surface area contributed by atoms with Crippen LogP contribution in [0.25, 0.3) is 0 Å². The van der Waals surface area contributed by atoms with Crippen molar-refractivity contribution < 1.29 is 14.3 Å². The molecule has 8 N–H and O–H groups in total. The maximum atomic E-state index is 11.7. The number of hydrogen-bond donors (Lipinski definition) is 5. The van der Waals surface area contributed by atoms with Crippen molar-refractivity contribution in [1.82, 2.24) is 5.32 Å². The summed E-state index contributed by atoms with van der Waals surface area (Å²) in [7, 11) is 0. The quantitative estimate of drug-likeness (QED) is 0.510. The lowest BCUT2D eigenvalue weighted by molar-refractivity contribution is -0.116. The van der Waals surface area contributed by atoms with E-state index in [-0.39, 0.29) is 18.9 Å². The lowest BCUT2D eigenvalue weighted by atomic mass is 10.2. The van der Waals surface area contributed by atoms with Gasteiger partial charge < -0.3 is 32.6 Å². The molecule has 0 aliphatic rings. The van der Waals surface area contributed by atoms with Crippen LogP contribution in [-0.2, 0) is 9.53 Å². The van der Waals surface area contributed by atoms with E-state index in [1.54, 1.807) is 57.2 Å². The highest BCUT2D eigenvalue weighted by atomic mass is 16.6. The zero-order valence-electron chi connectivity index (χ0n) is 16.5. The number of benzene rings is 2. The van der Waals surface area contributed by atoms with Gasteiger partial charge in [0, 0.05) is 13.0 Å². The second-order valence-corrected chi connectivity index (χ2v) is 6.94. The van der Waals surface area contributed by atoms with Crippen molar-refractivity contribution in [2.75, 3.05) is 29.1 Å². The Hall–Kier alpha value is -3.42. The van der Waals surface area contributed by atoms with Crippen LogP contribution in [0.5, 0.6) is 0 Å². The molecule has 0 unspecified atom stereocenters.